The summed E-state index contributed by atoms with van der Waals surface area (Å²) < 4.78 is 7.37. The molecular weight excluding hydrogens is 368 g/mol. The lowest BCUT2D eigenvalue weighted by Crippen LogP contribution is -2.20. The van der Waals surface area contributed by atoms with Crippen LogP contribution >= 0.6 is 11.8 Å². The van der Waals surface area contributed by atoms with Gasteiger partial charge in [-0.05, 0) is 25.1 Å². The normalized spacial score (nSPS) is 11.9. The molecule has 1 heterocycles. The number of hydrogen-bond acceptors (Lipinski definition) is 7. The standard InChI is InChI=1S/C18H18N4O4S/c1-13-19-20-18(21(13)14-6-3-2-4-7-14)27-12-16(23)11-26-17-9-5-8-15(10-17)22(24)25/h2-10,16,23H,11-12H2,1H3/t16-/m1/s1. The molecule has 0 saturated carbocycles. The van der Waals surface area contributed by atoms with Gasteiger partial charge in [0.25, 0.3) is 5.69 Å². The highest BCUT2D eigenvalue weighted by atomic mass is 32.2. The maximum atomic E-state index is 10.8. The third-order valence-electron chi connectivity index (χ3n) is 3.69. The third kappa shape index (κ3) is 4.83. The molecule has 8 nitrogen and oxygen atoms in total. The van der Waals surface area contributed by atoms with E-state index in [1.807, 2.05) is 41.8 Å². The molecule has 0 saturated heterocycles. The van der Waals surface area contributed by atoms with Crippen molar-refractivity contribution in [1.29, 1.82) is 0 Å². The molecule has 1 atom stereocenters. The number of nitro groups is 1. The molecule has 0 radical (unpaired) electrons. The van der Waals surface area contributed by atoms with Gasteiger partial charge >= 0.3 is 0 Å². The first kappa shape index (κ1) is 18.9. The van der Waals surface area contributed by atoms with E-state index in [2.05, 4.69) is 10.2 Å². The number of non-ortho nitro benzene ring substituents is 1. The van der Waals surface area contributed by atoms with E-state index in [4.69, 9.17) is 4.74 Å². The Balaban J connectivity index is 1.58. The fourth-order valence-electron chi connectivity index (χ4n) is 2.41. The summed E-state index contributed by atoms with van der Waals surface area (Å²) in [4.78, 5) is 10.3. The van der Waals surface area contributed by atoms with Crippen molar-refractivity contribution < 1.29 is 14.8 Å². The summed E-state index contributed by atoms with van der Waals surface area (Å²) in [6.45, 7) is 1.89. The third-order valence-corrected chi connectivity index (χ3v) is 4.76. The number of thioether (sulfide) groups is 1. The van der Waals surface area contributed by atoms with E-state index in [0.29, 0.717) is 16.7 Å². The van der Waals surface area contributed by atoms with Crippen molar-refractivity contribution in [3.05, 3.63) is 70.5 Å². The van der Waals surface area contributed by atoms with Gasteiger partial charge < -0.3 is 9.84 Å². The van der Waals surface area contributed by atoms with Crippen LogP contribution in [0.4, 0.5) is 5.69 Å². The molecule has 140 valence electrons. The van der Waals surface area contributed by atoms with Crippen LogP contribution in [0.3, 0.4) is 0 Å². The van der Waals surface area contributed by atoms with Gasteiger partial charge in [-0.2, -0.15) is 0 Å². The number of benzene rings is 2. The zero-order valence-electron chi connectivity index (χ0n) is 14.6. The van der Waals surface area contributed by atoms with Crippen molar-refractivity contribution in [2.45, 2.75) is 18.2 Å². The molecular formula is C18H18N4O4S. The lowest BCUT2D eigenvalue weighted by atomic mass is 10.3. The molecule has 3 rings (SSSR count). The number of aliphatic hydroxyl groups is 1. The quantitative estimate of drug-likeness (QED) is 0.360. The van der Waals surface area contributed by atoms with E-state index in [-0.39, 0.29) is 12.3 Å². The number of hydrogen-bond donors (Lipinski definition) is 1. The molecule has 0 aliphatic rings. The van der Waals surface area contributed by atoms with Crippen LogP contribution in [-0.2, 0) is 0 Å². The number of nitro benzene ring substituents is 1. The topological polar surface area (TPSA) is 103 Å². The van der Waals surface area contributed by atoms with Crippen LogP contribution in [0, 0.1) is 17.0 Å². The predicted octanol–water partition coefficient (Wildman–Crippen LogP) is 3.02. The Kier molecular flexibility index (Phi) is 6.05. The summed E-state index contributed by atoms with van der Waals surface area (Å²) >= 11 is 1.37. The molecule has 9 heteroatoms. The van der Waals surface area contributed by atoms with Crippen molar-refractivity contribution in [3.8, 4) is 11.4 Å². The SMILES string of the molecule is Cc1nnc(SC[C@H](O)COc2cccc([N+](=O)[O-])c2)n1-c1ccccc1. The maximum absolute atomic E-state index is 10.8. The van der Waals surface area contributed by atoms with Crippen LogP contribution in [0.15, 0.2) is 59.8 Å². The number of para-hydroxylation sites is 1. The van der Waals surface area contributed by atoms with Crippen LogP contribution in [0.5, 0.6) is 5.75 Å². The van der Waals surface area contributed by atoms with Crippen LogP contribution in [0.2, 0.25) is 0 Å². The van der Waals surface area contributed by atoms with Gasteiger partial charge in [-0.25, -0.2) is 0 Å². The highest BCUT2D eigenvalue weighted by Gasteiger charge is 2.14. The summed E-state index contributed by atoms with van der Waals surface area (Å²) in [7, 11) is 0. The molecule has 0 bridgehead atoms. The second-order valence-electron chi connectivity index (χ2n) is 5.73. The average Bonchev–Trinajstić information content (AvgIpc) is 3.06. The van der Waals surface area contributed by atoms with Gasteiger partial charge in [-0.3, -0.25) is 14.7 Å². The number of aryl methyl sites for hydroxylation is 1. The van der Waals surface area contributed by atoms with Gasteiger partial charge in [0.2, 0.25) is 0 Å². The Bertz CT molecular complexity index is 917. The zero-order valence-corrected chi connectivity index (χ0v) is 15.4. The minimum Gasteiger partial charge on any atom is -0.491 e. The molecule has 27 heavy (non-hydrogen) atoms. The Morgan fingerprint density at radius 1 is 1.22 bits per heavy atom. The largest absolute Gasteiger partial charge is 0.491 e. The minimum atomic E-state index is -0.768. The summed E-state index contributed by atoms with van der Waals surface area (Å²) in [5.74, 6) is 1.45. The van der Waals surface area contributed by atoms with Crippen molar-refractivity contribution >= 4 is 17.4 Å². The zero-order chi connectivity index (χ0) is 19.2. The van der Waals surface area contributed by atoms with Gasteiger partial charge in [0.1, 0.15) is 18.2 Å². The summed E-state index contributed by atoms with van der Waals surface area (Å²) in [6, 6.07) is 15.6. The first-order valence-electron chi connectivity index (χ1n) is 8.20. The lowest BCUT2D eigenvalue weighted by Gasteiger charge is -2.12. The van der Waals surface area contributed by atoms with Crippen LogP contribution in [0.1, 0.15) is 5.82 Å². The van der Waals surface area contributed by atoms with Gasteiger partial charge in [0.15, 0.2) is 5.16 Å². The predicted molar refractivity (Wildman–Crippen MR) is 101 cm³/mol. The summed E-state index contributed by atoms with van der Waals surface area (Å²) in [5, 5.41) is 29.9. The van der Waals surface area contributed by atoms with E-state index in [0.717, 1.165) is 11.5 Å². The van der Waals surface area contributed by atoms with E-state index in [1.54, 1.807) is 12.1 Å². The second-order valence-corrected chi connectivity index (χ2v) is 6.72. The van der Waals surface area contributed by atoms with Gasteiger partial charge in [0, 0.05) is 17.5 Å². The molecule has 0 spiro atoms. The molecule has 0 aliphatic heterocycles. The number of nitrogens with zero attached hydrogens (tertiary/aromatic N) is 4. The number of aliphatic hydroxyl groups excluding tert-OH is 1. The highest BCUT2D eigenvalue weighted by Crippen LogP contribution is 2.23. The first-order valence-corrected chi connectivity index (χ1v) is 9.18. The van der Waals surface area contributed by atoms with Crippen molar-refractivity contribution in [1.82, 2.24) is 14.8 Å². The Labute approximate surface area is 160 Å². The number of rotatable bonds is 8. The molecule has 3 aromatic rings. The average molecular weight is 386 g/mol. The number of ether oxygens (including phenoxy) is 1. The first-order chi connectivity index (χ1) is 13.0. The van der Waals surface area contributed by atoms with Gasteiger partial charge in [-0.15, -0.1) is 10.2 Å². The smallest absolute Gasteiger partial charge is 0.273 e. The molecule has 0 fully saturated rings. The highest BCUT2D eigenvalue weighted by molar-refractivity contribution is 7.99. The molecule has 0 aliphatic carbocycles. The van der Waals surface area contributed by atoms with E-state index >= 15 is 0 Å². The maximum Gasteiger partial charge on any atom is 0.273 e. The fraction of sp³-hybridized carbons (Fsp3) is 0.222. The molecule has 2 aromatic carbocycles. The summed E-state index contributed by atoms with van der Waals surface area (Å²) in [6.07, 6.45) is -0.768. The molecule has 1 aromatic heterocycles. The molecule has 1 N–H and O–H groups in total. The van der Waals surface area contributed by atoms with Crippen LogP contribution in [0.25, 0.3) is 5.69 Å². The summed E-state index contributed by atoms with van der Waals surface area (Å²) in [5.41, 5.74) is 0.896. The van der Waals surface area contributed by atoms with Crippen LogP contribution in [-0.4, -0.2) is 43.3 Å². The molecule has 0 unspecified atom stereocenters. The second kappa shape index (κ2) is 8.65. The minimum absolute atomic E-state index is 0.0205. The van der Waals surface area contributed by atoms with E-state index in [1.165, 1.54) is 23.9 Å². The van der Waals surface area contributed by atoms with Crippen molar-refractivity contribution in [2.24, 2.45) is 0 Å². The van der Waals surface area contributed by atoms with Gasteiger partial charge in [-0.1, -0.05) is 36.0 Å². The van der Waals surface area contributed by atoms with Crippen LogP contribution < -0.4 is 4.74 Å². The van der Waals surface area contributed by atoms with E-state index < -0.39 is 11.0 Å². The number of aromatic nitrogens is 3. The lowest BCUT2D eigenvalue weighted by molar-refractivity contribution is -0.384. The monoisotopic (exact) mass is 386 g/mol. The van der Waals surface area contributed by atoms with Gasteiger partial charge in [0.05, 0.1) is 17.1 Å². The van der Waals surface area contributed by atoms with Crippen molar-refractivity contribution in [2.75, 3.05) is 12.4 Å². The molecule has 0 amide bonds. The fourth-order valence-corrected chi connectivity index (χ4v) is 3.31. The Hall–Kier alpha value is -2.91. The van der Waals surface area contributed by atoms with Crippen molar-refractivity contribution in [3.63, 3.8) is 0 Å². The Morgan fingerprint density at radius 3 is 2.74 bits per heavy atom. The van der Waals surface area contributed by atoms with E-state index in [9.17, 15) is 15.2 Å². The Morgan fingerprint density at radius 2 is 2.00 bits per heavy atom.